The van der Waals surface area contributed by atoms with Gasteiger partial charge >= 0.3 is 24.2 Å². The van der Waals surface area contributed by atoms with Crippen LogP contribution in [0, 0.1) is 23.5 Å². The second-order valence-electron chi connectivity index (χ2n) is 30.0. The number of fused-ring (bicyclic) bond motifs is 9. The molecule has 3 fully saturated rings. The maximum atomic E-state index is 14.5. The number of tetrazole rings is 1. The number of halogens is 2. The number of anilines is 3. The SMILES string of the molecule is COC(=O)N1c2ccc3c(nc(Cc4cc(F)c(OC)c(F)c4)n3C3CCC(C(C)=O)CC3)c2CC[C@@H]1C.COC(=O)N1c2ccc3c(nc(Cc4ccccc4)n3C3CCC(C(=O)O)CC3)c2CC[C@@H]1C.COC(=O)N1c2ccc3c(nc(Cc4ccccc4)n3[C@H]3CCC[C@H](c4nn[nH]n4)C3)c2CC[C@@H]1C. The molecule has 0 saturated heterocycles. The number of hydrogen-bond donors (Lipinski definition) is 2. The molecule has 566 valence electrons. The van der Waals surface area contributed by atoms with E-state index in [4.69, 9.17) is 33.9 Å². The summed E-state index contributed by atoms with van der Waals surface area (Å²) in [6, 6.07) is 36.4. The average molecular weight is 1470 g/mol. The zero-order valence-corrected chi connectivity index (χ0v) is 62.7. The largest absolute Gasteiger partial charge is 0.491 e. The quantitative estimate of drug-likeness (QED) is 0.102. The second-order valence-corrected chi connectivity index (χ2v) is 30.0. The van der Waals surface area contributed by atoms with E-state index in [2.05, 4.69) is 95.8 Å². The van der Waals surface area contributed by atoms with Crippen LogP contribution in [0.15, 0.2) is 109 Å². The molecule has 0 spiro atoms. The maximum Gasteiger partial charge on any atom is 0.414 e. The van der Waals surface area contributed by atoms with Crippen LogP contribution in [0.1, 0.15) is 205 Å². The Morgan fingerprint density at radius 2 is 0.889 bits per heavy atom. The minimum Gasteiger partial charge on any atom is -0.491 e. The highest BCUT2D eigenvalue weighted by molar-refractivity contribution is 5.98. The van der Waals surface area contributed by atoms with Gasteiger partial charge in [-0.2, -0.15) is 5.21 Å². The van der Waals surface area contributed by atoms with E-state index in [0.29, 0.717) is 36.7 Å². The summed E-state index contributed by atoms with van der Waals surface area (Å²) in [6.45, 7) is 7.76. The van der Waals surface area contributed by atoms with E-state index in [1.165, 1.54) is 51.7 Å². The Kier molecular flexibility index (Phi) is 22.1. The van der Waals surface area contributed by atoms with Crippen LogP contribution in [-0.4, -0.2) is 131 Å². The molecule has 0 bridgehead atoms. The van der Waals surface area contributed by atoms with Crippen molar-refractivity contribution < 1.29 is 56.8 Å². The Bertz CT molecular complexity index is 4930. The Morgan fingerprint density at radius 1 is 0.491 bits per heavy atom. The molecule has 10 aromatic rings. The number of carbonyl (C=O) groups excluding carboxylic acids is 4. The summed E-state index contributed by atoms with van der Waals surface area (Å²) >= 11 is 0. The molecular weight excluding hydrogens is 1380 g/mol. The lowest BCUT2D eigenvalue weighted by molar-refractivity contribution is -0.143. The van der Waals surface area contributed by atoms with Crippen molar-refractivity contribution in [3.63, 3.8) is 0 Å². The van der Waals surface area contributed by atoms with E-state index < -0.39 is 29.4 Å². The van der Waals surface area contributed by atoms with E-state index >= 15 is 0 Å². The summed E-state index contributed by atoms with van der Waals surface area (Å²) in [6.07, 6.45) is 16.1. The number of hydrogen-bond acceptors (Lipinski definition) is 15. The molecule has 3 amide bonds. The molecule has 0 radical (unpaired) electrons. The number of nitrogens with one attached hydrogen (secondary N) is 1. The van der Waals surface area contributed by atoms with Crippen LogP contribution < -0.4 is 19.4 Å². The number of H-pyrrole nitrogens is 1. The minimum absolute atomic E-state index is 0.0129. The van der Waals surface area contributed by atoms with Crippen LogP contribution in [0.25, 0.3) is 33.1 Å². The molecule has 3 aliphatic carbocycles. The van der Waals surface area contributed by atoms with E-state index in [1.807, 2.05) is 56.3 Å². The molecule has 7 heterocycles. The fourth-order valence-electron chi connectivity index (χ4n) is 18.0. The summed E-state index contributed by atoms with van der Waals surface area (Å²) in [5.74, 6) is 1.25. The third kappa shape index (κ3) is 14.7. The van der Waals surface area contributed by atoms with Crippen LogP contribution in [-0.2, 0) is 62.3 Å². The third-order valence-electron chi connectivity index (χ3n) is 23.5. The Morgan fingerprint density at radius 3 is 1.26 bits per heavy atom. The van der Waals surface area contributed by atoms with Gasteiger partial charge in [0.05, 0.1) is 84.5 Å². The highest BCUT2D eigenvalue weighted by atomic mass is 19.1. The minimum atomic E-state index is -0.757. The Balaban J connectivity index is 0.000000136. The van der Waals surface area contributed by atoms with Crippen molar-refractivity contribution in [2.75, 3.05) is 43.1 Å². The predicted octanol–water partition coefficient (Wildman–Crippen LogP) is 16.4. The van der Waals surface area contributed by atoms with Crippen molar-refractivity contribution in [2.24, 2.45) is 11.8 Å². The average Bonchev–Trinajstić information content (AvgIpc) is 1.57. The first-order valence-electron chi connectivity index (χ1n) is 38.1. The van der Waals surface area contributed by atoms with Gasteiger partial charge in [0, 0.05) is 84.0 Å². The number of aromatic amines is 1. The summed E-state index contributed by atoms with van der Waals surface area (Å²) < 4.78 is 56.2. The number of carbonyl (C=O) groups is 5. The lowest BCUT2D eigenvalue weighted by Crippen LogP contribution is -2.42. The number of carboxylic acids is 1. The first-order valence-corrected chi connectivity index (χ1v) is 38.1. The molecule has 6 aliphatic rings. The zero-order valence-electron chi connectivity index (χ0n) is 62.7. The van der Waals surface area contributed by atoms with Gasteiger partial charge in [0.2, 0.25) is 0 Å². The molecule has 23 nitrogen and oxygen atoms in total. The van der Waals surface area contributed by atoms with Gasteiger partial charge in [-0.25, -0.2) is 38.1 Å². The molecule has 25 heteroatoms. The van der Waals surface area contributed by atoms with Gasteiger partial charge in [-0.3, -0.25) is 24.3 Å². The molecule has 4 aromatic heterocycles. The van der Waals surface area contributed by atoms with Crippen LogP contribution >= 0.6 is 0 Å². The lowest BCUT2D eigenvalue weighted by atomic mass is 9.83. The van der Waals surface area contributed by atoms with Crippen molar-refractivity contribution in [2.45, 2.75) is 205 Å². The molecular formula is C83H95F2N13O10. The van der Waals surface area contributed by atoms with Gasteiger partial charge in [0.25, 0.3) is 0 Å². The fraction of sp³-hybridized carbons (Fsp3) is 0.458. The van der Waals surface area contributed by atoms with Gasteiger partial charge in [0.15, 0.2) is 23.2 Å². The number of aliphatic carboxylic acids is 1. The van der Waals surface area contributed by atoms with Crippen molar-refractivity contribution in [1.82, 2.24) is 49.3 Å². The topological polar surface area (TPSA) is 260 Å². The number of amides is 3. The number of carboxylic acid groups (broad SMARTS) is 1. The van der Waals surface area contributed by atoms with Gasteiger partial charge in [0.1, 0.15) is 23.3 Å². The first kappa shape index (κ1) is 74.3. The van der Waals surface area contributed by atoms with Crippen molar-refractivity contribution in [3.05, 3.63) is 178 Å². The molecule has 5 atom stereocenters. The Labute approximate surface area is 626 Å². The lowest BCUT2D eigenvalue weighted by Gasteiger charge is -2.34. The van der Waals surface area contributed by atoms with Gasteiger partial charge < -0.3 is 37.8 Å². The summed E-state index contributed by atoms with van der Waals surface area (Å²) in [5.41, 5.74) is 14.5. The third-order valence-corrected chi connectivity index (χ3v) is 23.5. The monoisotopic (exact) mass is 1470 g/mol. The predicted molar refractivity (Wildman–Crippen MR) is 406 cm³/mol. The fourth-order valence-corrected chi connectivity index (χ4v) is 18.0. The molecule has 6 aromatic carbocycles. The summed E-state index contributed by atoms with van der Waals surface area (Å²) in [4.78, 5) is 81.9. The number of nitrogens with zero attached hydrogens (tertiary/aromatic N) is 12. The van der Waals surface area contributed by atoms with Crippen LogP contribution in [0.3, 0.4) is 0 Å². The van der Waals surface area contributed by atoms with Crippen molar-refractivity contribution in [3.8, 4) is 5.75 Å². The number of Topliss-reactive ketones (excluding diaryl/α,β-unsaturated/α-hetero) is 1. The van der Waals surface area contributed by atoms with E-state index in [1.54, 1.807) is 21.6 Å². The number of aryl methyl sites for hydroxylation is 3. The molecule has 0 unspecified atom stereocenters. The van der Waals surface area contributed by atoms with Crippen LogP contribution in [0.2, 0.25) is 0 Å². The smallest absolute Gasteiger partial charge is 0.414 e. The highest BCUT2D eigenvalue weighted by Crippen LogP contribution is 2.46. The van der Waals surface area contributed by atoms with Crippen molar-refractivity contribution >= 4 is 80.2 Å². The second kappa shape index (κ2) is 32.1. The van der Waals surface area contributed by atoms with Crippen LogP contribution in [0.4, 0.5) is 40.2 Å². The number of methoxy groups -OCH3 is 4. The molecule has 3 aliphatic heterocycles. The highest BCUT2D eigenvalue weighted by Gasteiger charge is 2.39. The number of rotatable bonds is 13. The van der Waals surface area contributed by atoms with Crippen molar-refractivity contribution in [1.29, 1.82) is 0 Å². The number of benzene rings is 6. The molecule has 3 saturated carbocycles. The van der Waals surface area contributed by atoms with Gasteiger partial charge in [-0.05, 0) is 202 Å². The number of ketones is 1. The molecule has 108 heavy (non-hydrogen) atoms. The first-order chi connectivity index (χ1) is 52.3. The Hall–Kier alpha value is -10.6. The van der Waals surface area contributed by atoms with Gasteiger partial charge in [-0.15, -0.1) is 10.2 Å². The van der Waals surface area contributed by atoms with Gasteiger partial charge in [-0.1, -0.05) is 72.3 Å². The number of ether oxygens (including phenoxy) is 4. The number of imidazole rings is 3. The zero-order chi connectivity index (χ0) is 75.6. The van der Waals surface area contributed by atoms with E-state index in [9.17, 15) is 37.9 Å². The standard InChI is InChI=1S/C29H33F2N3O4.C27H31N7O2.C27H31N3O4/c1-16-5-10-21-24(33(16)29(36)38-4)11-12-25-27(21)32-26(15-18-13-22(30)28(37-3)23(31)14-18)34(25)20-8-6-19(7-9-20)17(2)35;1-17-11-12-21-22(33(17)27(35)36-2)13-14-23-25(21)28-24(15-18-7-4-3-5-8-18)34(23)20-10-6-9-19(16-20)26-29-31-32-30-26;1-17-8-13-21-22(29(17)27(33)34-2)14-15-23-25(21)28-24(16-18-6-4-3-5-7-18)30(23)20-11-9-19(10-12-20)26(31)32/h11-14,16,19-20H,5-10,15H2,1-4H3;3-5,7-8,13-14,17,19-20H,6,9-12,15-16H2,1-2H3,(H,29,30,31,32);3-7,14-15,17,19-20H,8-13,16H2,1-2H3,(H,31,32)/t16-,19?,20?;17-,19-,20-;17-,19?,20?/m000/s1. The molecule has 16 rings (SSSR count). The van der Waals surface area contributed by atoms with E-state index in [-0.39, 0.29) is 72.4 Å². The molecule has 2 N–H and O–H groups in total. The summed E-state index contributed by atoms with van der Waals surface area (Å²) in [7, 11) is 5.47. The normalized spacial score (nSPS) is 21.9. The van der Waals surface area contributed by atoms with E-state index in [0.717, 1.165) is 193 Å². The summed E-state index contributed by atoms with van der Waals surface area (Å²) in [5, 5.41) is 24.4. The van der Waals surface area contributed by atoms with Crippen LogP contribution in [0.5, 0.6) is 5.75 Å². The maximum absolute atomic E-state index is 14.5. The number of aromatic nitrogens is 10.